The van der Waals surface area contributed by atoms with Gasteiger partial charge in [0.1, 0.15) is 22.6 Å². The Morgan fingerprint density at radius 3 is 1.95 bits per heavy atom. The Bertz CT molecular complexity index is 1790. The van der Waals surface area contributed by atoms with Gasteiger partial charge in [-0.2, -0.15) is 4.99 Å². The fraction of sp³-hybridized carbons (Fsp3) is 0.500. The number of hydrogen-bond acceptors (Lipinski definition) is 9. The van der Waals surface area contributed by atoms with Crippen LogP contribution in [-0.4, -0.2) is 109 Å². The number of piperazine rings is 1. The maximum Gasteiger partial charge on any atom is 0.437 e. The number of rotatable bonds is 6. The summed E-state index contributed by atoms with van der Waals surface area (Å²) in [5.41, 5.74) is 1.99. The van der Waals surface area contributed by atoms with Crippen LogP contribution in [0.15, 0.2) is 58.5 Å². The molecule has 2 N–H and O–H groups in total. The molecule has 0 spiro atoms. The minimum atomic E-state index is -0.824. The van der Waals surface area contributed by atoms with Crippen molar-refractivity contribution in [3.63, 3.8) is 0 Å². The average molecular weight is 762 g/mol. The molecule has 2 aromatic carbocycles. The van der Waals surface area contributed by atoms with Crippen LogP contribution >= 0.6 is 0 Å². The Balaban J connectivity index is 1.36. The predicted molar refractivity (Wildman–Crippen MR) is 213 cm³/mol. The van der Waals surface area contributed by atoms with Crippen LogP contribution in [0.5, 0.6) is 5.75 Å². The second-order valence-electron chi connectivity index (χ2n) is 16.1. The number of carbonyl (C=O) groups is 4. The molecule has 0 unspecified atom stereocenters. The number of nitrogens with one attached hydrogen (secondary N) is 2. The third-order valence-electron chi connectivity index (χ3n) is 8.04. The van der Waals surface area contributed by atoms with Crippen LogP contribution in [0.2, 0.25) is 0 Å². The smallest absolute Gasteiger partial charge is 0.437 e. The number of hydrogen-bond donors (Lipinski definition) is 2. The zero-order valence-electron chi connectivity index (χ0n) is 33.6. The van der Waals surface area contributed by atoms with Gasteiger partial charge in [0.05, 0.1) is 19.1 Å². The van der Waals surface area contributed by atoms with Gasteiger partial charge in [0.15, 0.2) is 0 Å². The molecule has 55 heavy (non-hydrogen) atoms. The Morgan fingerprint density at radius 2 is 1.38 bits per heavy atom. The van der Waals surface area contributed by atoms with Crippen molar-refractivity contribution in [1.29, 1.82) is 0 Å². The van der Waals surface area contributed by atoms with E-state index in [4.69, 9.17) is 18.9 Å². The number of anilines is 2. The van der Waals surface area contributed by atoms with Crippen molar-refractivity contribution in [1.82, 2.24) is 15.1 Å². The van der Waals surface area contributed by atoms with Crippen molar-refractivity contribution in [3.8, 4) is 5.75 Å². The van der Waals surface area contributed by atoms with Crippen molar-refractivity contribution in [2.24, 2.45) is 9.98 Å². The van der Waals surface area contributed by atoms with Crippen LogP contribution in [0.1, 0.15) is 84.7 Å². The maximum absolute atomic E-state index is 13.2. The summed E-state index contributed by atoms with van der Waals surface area (Å²) in [6, 6.07) is 12.9. The molecule has 4 rings (SSSR count). The highest BCUT2D eigenvalue weighted by molar-refractivity contribution is 6.04. The van der Waals surface area contributed by atoms with Gasteiger partial charge >= 0.3 is 18.3 Å². The third kappa shape index (κ3) is 13.6. The van der Waals surface area contributed by atoms with E-state index in [-0.39, 0.29) is 11.9 Å². The zero-order chi connectivity index (χ0) is 40.6. The van der Waals surface area contributed by atoms with Crippen LogP contribution in [0.4, 0.5) is 25.8 Å². The number of benzene rings is 2. The fourth-order valence-corrected chi connectivity index (χ4v) is 5.63. The van der Waals surface area contributed by atoms with Gasteiger partial charge in [0.2, 0.25) is 5.96 Å². The first-order valence-corrected chi connectivity index (χ1v) is 18.3. The molecule has 2 aromatic rings. The molecule has 2 aliphatic rings. The first kappa shape index (κ1) is 42.1. The van der Waals surface area contributed by atoms with E-state index in [9.17, 15) is 19.2 Å². The summed E-state index contributed by atoms with van der Waals surface area (Å²) in [6.07, 6.45) is 2.20. The molecule has 0 aromatic heterocycles. The molecule has 0 aliphatic carbocycles. The molecule has 15 nitrogen and oxygen atoms in total. The van der Waals surface area contributed by atoms with Crippen LogP contribution in [-0.2, 0) is 14.2 Å². The second-order valence-corrected chi connectivity index (χ2v) is 16.1. The number of ether oxygens (including phenoxy) is 4. The summed E-state index contributed by atoms with van der Waals surface area (Å²) < 4.78 is 21.7. The second kappa shape index (κ2) is 17.7. The van der Waals surface area contributed by atoms with Crippen LogP contribution in [0.25, 0.3) is 5.57 Å². The normalized spacial score (nSPS) is 15.6. The minimum absolute atomic E-state index is 0.0467. The molecule has 2 heterocycles. The van der Waals surface area contributed by atoms with Crippen molar-refractivity contribution >= 4 is 53.4 Å². The van der Waals surface area contributed by atoms with Crippen molar-refractivity contribution in [3.05, 3.63) is 59.7 Å². The first-order chi connectivity index (χ1) is 25.7. The summed E-state index contributed by atoms with van der Waals surface area (Å²) >= 11 is 0. The SMILES string of the molecule is COc1cc(NC(=O)c2ccc(C3=CCN(C=NC(=O)OC(C)(C)C)CC3)cc2)ccc1N1CCN(C(=NC(=O)OC(C)(C)C)NC(=O)OC(C)(C)C)CC1. The van der Waals surface area contributed by atoms with E-state index in [1.54, 1.807) is 92.5 Å². The summed E-state index contributed by atoms with van der Waals surface area (Å²) in [4.78, 5) is 64.2. The number of methoxy groups -OCH3 is 1. The van der Waals surface area contributed by atoms with Crippen LogP contribution in [0.3, 0.4) is 0 Å². The molecule has 0 saturated carbocycles. The predicted octanol–water partition coefficient (Wildman–Crippen LogP) is 6.94. The molecular formula is C40H55N7O8. The van der Waals surface area contributed by atoms with Gasteiger partial charge in [0, 0.05) is 56.6 Å². The zero-order valence-corrected chi connectivity index (χ0v) is 33.6. The molecule has 1 fully saturated rings. The number of nitrogens with zero attached hydrogens (tertiary/aromatic N) is 5. The third-order valence-corrected chi connectivity index (χ3v) is 8.04. The topological polar surface area (TPSA) is 164 Å². The molecule has 1 saturated heterocycles. The molecular weight excluding hydrogens is 706 g/mol. The van der Waals surface area contributed by atoms with Crippen molar-refractivity contribution < 1.29 is 38.1 Å². The number of carbonyl (C=O) groups excluding carboxylic acids is 4. The van der Waals surface area contributed by atoms with E-state index in [0.717, 1.165) is 23.2 Å². The van der Waals surface area contributed by atoms with E-state index in [2.05, 4.69) is 31.6 Å². The molecule has 2 aliphatic heterocycles. The van der Waals surface area contributed by atoms with Crippen LogP contribution < -0.4 is 20.3 Å². The number of amides is 4. The lowest BCUT2D eigenvalue weighted by Crippen LogP contribution is -2.54. The van der Waals surface area contributed by atoms with Gasteiger partial charge in [-0.15, -0.1) is 4.99 Å². The molecule has 0 radical (unpaired) electrons. The lowest BCUT2D eigenvalue weighted by molar-refractivity contribution is 0.0550. The summed E-state index contributed by atoms with van der Waals surface area (Å²) in [6.45, 7) is 19.0. The highest BCUT2D eigenvalue weighted by atomic mass is 16.6. The average Bonchev–Trinajstić information content (AvgIpc) is 3.08. The minimum Gasteiger partial charge on any atom is -0.495 e. The summed E-state index contributed by atoms with van der Waals surface area (Å²) in [5, 5.41) is 5.58. The van der Waals surface area contributed by atoms with E-state index in [1.807, 2.05) is 29.2 Å². The van der Waals surface area contributed by atoms with Gasteiger partial charge in [-0.05, 0) is 104 Å². The quantitative estimate of drug-likeness (QED) is 0.178. The monoisotopic (exact) mass is 761 g/mol. The lowest BCUT2D eigenvalue weighted by Gasteiger charge is -2.38. The van der Waals surface area contributed by atoms with E-state index in [1.165, 1.54) is 6.34 Å². The van der Waals surface area contributed by atoms with E-state index >= 15 is 0 Å². The molecule has 298 valence electrons. The van der Waals surface area contributed by atoms with Gasteiger partial charge in [-0.1, -0.05) is 18.2 Å². The van der Waals surface area contributed by atoms with Gasteiger partial charge in [-0.3, -0.25) is 10.1 Å². The molecule has 15 heteroatoms. The molecule has 0 atom stereocenters. The van der Waals surface area contributed by atoms with E-state index in [0.29, 0.717) is 56.3 Å². The standard InChI is InChI=1S/C40H55N7O8/c1-38(2,3)53-35(49)41-26-45-19-17-28(18-20-45)27-11-13-29(14-12-27)33(48)42-30-15-16-31(32(25-30)52-10)46-21-23-47(24-22-46)34(43-36(50)54-39(4,5)6)44-37(51)55-40(7,8)9/h11-17,25-26H,18-24H2,1-10H3,(H,42,48)(H,43,44,50,51). The highest BCUT2D eigenvalue weighted by Crippen LogP contribution is 2.32. The lowest BCUT2D eigenvalue weighted by atomic mass is 9.98. The van der Waals surface area contributed by atoms with Gasteiger partial charge in [-0.25, -0.2) is 14.4 Å². The summed E-state index contributed by atoms with van der Waals surface area (Å²) in [7, 11) is 1.57. The Hall–Kier alpha value is -5.60. The Labute approximate surface area is 323 Å². The Morgan fingerprint density at radius 1 is 0.764 bits per heavy atom. The highest BCUT2D eigenvalue weighted by Gasteiger charge is 2.27. The van der Waals surface area contributed by atoms with Crippen molar-refractivity contribution in [2.45, 2.75) is 85.5 Å². The summed E-state index contributed by atoms with van der Waals surface area (Å²) in [5.74, 6) is 0.363. The van der Waals surface area contributed by atoms with E-state index < -0.39 is 35.1 Å². The number of alkyl carbamates (subject to hydrolysis) is 1. The van der Waals surface area contributed by atoms with Crippen LogP contribution in [0, 0.1) is 0 Å². The fourth-order valence-electron chi connectivity index (χ4n) is 5.63. The molecule has 0 bridgehead atoms. The maximum atomic E-state index is 13.2. The largest absolute Gasteiger partial charge is 0.495 e. The number of guanidine groups is 1. The molecule has 4 amide bonds. The van der Waals surface area contributed by atoms with Gasteiger partial charge in [0.25, 0.3) is 5.91 Å². The van der Waals surface area contributed by atoms with Crippen molar-refractivity contribution in [2.75, 3.05) is 56.6 Å². The van der Waals surface area contributed by atoms with Gasteiger partial charge < -0.3 is 39.0 Å². The Kier molecular flexibility index (Phi) is 13.6. The number of aliphatic imine (C=N–C) groups is 2. The first-order valence-electron chi connectivity index (χ1n) is 18.3.